The molecular formula is C15H26N2. The lowest BCUT2D eigenvalue weighted by molar-refractivity contribution is 0.393. The minimum Gasteiger partial charge on any atom is -0.271 e. The van der Waals surface area contributed by atoms with Gasteiger partial charge in [0.05, 0.1) is 0 Å². The minimum absolute atomic E-state index is 0.274. The molecule has 1 aromatic rings. The summed E-state index contributed by atoms with van der Waals surface area (Å²) in [6.07, 6.45) is 3.61. The molecule has 0 saturated carbocycles. The first-order chi connectivity index (χ1) is 8.10. The van der Waals surface area contributed by atoms with Gasteiger partial charge in [0.2, 0.25) is 0 Å². The minimum atomic E-state index is 0.274. The number of nitrogens with one attached hydrogen (secondary N) is 1. The molecule has 0 heterocycles. The van der Waals surface area contributed by atoms with Gasteiger partial charge in [-0.05, 0) is 42.9 Å². The van der Waals surface area contributed by atoms with Crippen LogP contribution >= 0.6 is 0 Å². The first-order valence-electron chi connectivity index (χ1n) is 6.62. The van der Waals surface area contributed by atoms with Crippen LogP contribution in [-0.4, -0.2) is 0 Å². The highest BCUT2D eigenvalue weighted by Crippen LogP contribution is 2.26. The van der Waals surface area contributed by atoms with Crippen molar-refractivity contribution >= 4 is 0 Å². The summed E-state index contributed by atoms with van der Waals surface area (Å²) < 4.78 is 0. The summed E-state index contributed by atoms with van der Waals surface area (Å²) in [6, 6.07) is 6.73. The Morgan fingerprint density at radius 2 is 2.00 bits per heavy atom. The van der Waals surface area contributed by atoms with E-state index in [0.717, 1.165) is 6.42 Å². The third-order valence-corrected chi connectivity index (χ3v) is 3.64. The average Bonchev–Trinajstić information content (AvgIpc) is 2.30. The van der Waals surface area contributed by atoms with E-state index in [-0.39, 0.29) is 6.04 Å². The first kappa shape index (κ1) is 14.2. The summed E-state index contributed by atoms with van der Waals surface area (Å²) in [7, 11) is 0. The molecule has 0 amide bonds. The van der Waals surface area contributed by atoms with E-state index < -0.39 is 0 Å². The van der Waals surface area contributed by atoms with Crippen LogP contribution in [0.4, 0.5) is 0 Å². The Labute approximate surface area is 106 Å². The predicted molar refractivity (Wildman–Crippen MR) is 74.7 cm³/mol. The highest BCUT2D eigenvalue weighted by Gasteiger charge is 2.15. The van der Waals surface area contributed by atoms with Crippen molar-refractivity contribution in [1.29, 1.82) is 0 Å². The Kier molecular flexibility index (Phi) is 5.66. The summed E-state index contributed by atoms with van der Waals surface area (Å²) >= 11 is 0. The lowest BCUT2D eigenvalue weighted by Gasteiger charge is -2.22. The summed E-state index contributed by atoms with van der Waals surface area (Å²) in [4.78, 5) is 0. The second-order valence-corrected chi connectivity index (χ2v) is 5.14. The quantitative estimate of drug-likeness (QED) is 0.582. The fourth-order valence-corrected chi connectivity index (χ4v) is 2.45. The van der Waals surface area contributed by atoms with Crippen molar-refractivity contribution in [2.45, 2.75) is 53.0 Å². The second-order valence-electron chi connectivity index (χ2n) is 5.14. The third kappa shape index (κ3) is 3.83. The zero-order valence-electron chi connectivity index (χ0n) is 11.6. The molecule has 0 spiro atoms. The molecule has 0 radical (unpaired) electrons. The lowest BCUT2D eigenvalue weighted by atomic mass is 9.90. The number of rotatable bonds is 6. The van der Waals surface area contributed by atoms with Gasteiger partial charge in [-0.15, -0.1) is 0 Å². The number of aryl methyl sites for hydroxylation is 1. The summed E-state index contributed by atoms with van der Waals surface area (Å²) in [6.45, 7) is 8.87. The number of hydrogen-bond acceptors (Lipinski definition) is 2. The van der Waals surface area contributed by atoms with Crippen molar-refractivity contribution in [2.75, 3.05) is 0 Å². The van der Waals surface area contributed by atoms with Gasteiger partial charge in [-0.2, -0.15) is 0 Å². The molecule has 0 aliphatic heterocycles. The molecule has 0 saturated heterocycles. The van der Waals surface area contributed by atoms with Gasteiger partial charge < -0.3 is 0 Å². The molecular weight excluding hydrogens is 208 g/mol. The van der Waals surface area contributed by atoms with Gasteiger partial charge in [0.1, 0.15) is 0 Å². The van der Waals surface area contributed by atoms with E-state index in [0.29, 0.717) is 5.92 Å². The maximum atomic E-state index is 5.72. The van der Waals surface area contributed by atoms with Gasteiger partial charge in [-0.25, -0.2) is 0 Å². The topological polar surface area (TPSA) is 38.0 Å². The van der Waals surface area contributed by atoms with E-state index in [1.54, 1.807) is 0 Å². The Hall–Kier alpha value is -0.860. The van der Waals surface area contributed by atoms with Crippen LogP contribution in [0, 0.1) is 19.8 Å². The summed E-state index contributed by atoms with van der Waals surface area (Å²) in [5.41, 5.74) is 7.02. The molecule has 0 aliphatic rings. The van der Waals surface area contributed by atoms with Gasteiger partial charge in [-0.3, -0.25) is 11.3 Å². The van der Waals surface area contributed by atoms with E-state index in [9.17, 15) is 0 Å². The van der Waals surface area contributed by atoms with Crippen LogP contribution in [-0.2, 0) is 0 Å². The molecule has 2 atom stereocenters. The highest BCUT2D eigenvalue weighted by atomic mass is 15.2. The Morgan fingerprint density at radius 1 is 1.29 bits per heavy atom. The van der Waals surface area contributed by atoms with Crippen molar-refractivity contribution in [2.24, 2.45) is 11.8 Å². The van der Waals surface area contributed by atoms with E-state index in [4.69, 9.17) is 5.84 Å². The van der Waals surface area contributed by atoms with Crippen LogP contribution in [0.5, 0.6) is 0 Å². The van der Waals surface area contributed by atoms with Crippen LogP contribution < -0.4 is 11.3 Å². The number of hydrazine groups is 1. The van der Waals surface area contributed by atoms with E-state index >= 15 is 0 Å². The molecule has 1 rings (SSSR count). The molecule has 0 bridgehead atoms. The van der Waals surface area contributed by atoms with Gasteiger partial charge >= 0.3 is 0 Å². The Morgan fingerprint density at radius 3 is 2.59 bits per heavy atom. The Bertz CT molecular complexity index is 347. The molecule has 0 aliphatic carbocycles. The zero-order chi connectivity index (χ0) is 12.8. The first-order valence-corrected chi connectivity index (χ1v) is 6.62. The SMILES string of the molecule is CCCC(C)CC(NN)c1cccc(C)c1C. The molecule has 3 N–H and O–H groups in total. The fourth-order valence-electron chi connectivity index (χ4n) is 2.45. The zero-order valence-corrected chi connectivity index (χ0v) is 11.6. The van der Waals surface area contributed by atoms with Crippen molar-refractivity contribution in [1.82, 2.24) is 5.43 Å². The molecule has 17 heavy (non-hydrogen) atoms. The van der Waals surface area contributed by atoms with Gasteiger partial charge in [0.25, 0.3) is 0 Å². The van der Waals surface area contributed by atoms with Crippen molar-refractivity contribution < 1.29 is 0 Å². The van der Waals surface area contributed by atoms with Crippen LogP contribution in [0.1, 0.15) is 55.8 Å². The maximum absolute atomic E-state index is 5.72. The summed E-state index contributed by atoms with van der Waals surface area (Å²) in [5.74, 6) is 6.43. The lowest BCUT2D eigenvalue weighted by Crippen LogP contribution is -2.30. The standard InChI is InChI=1S/C15H26N2/c1-5-7-11(2)10-15(17-16)14-9-6-8-12(3)13(14)4/h6,8-9,11,15,17H,5,7,10,16H2,1-4H3. The van der Waals surface area contributed by atoms with E-state index in [2.05, 4.69) is 51.3 Å². The number of benzene rings is 1. The normalized spacial score (nSPS) is 14.6. The average molecular weight is 234 g/mol. The molecule has 0 fully saturated rings. The monoisotopic (exact) mass is 234 g/mol. The smallest absolute Gasteiger partial charge is 0.0465 e. The van der Waals surface area contributed by atoms with Crippen molar-refractivity contribution in [3.8, 4) is 0 Å². The number of hydrogen-bond donors (Lipinski definition) is 2. The number of nitrogens with two attached hydrogens (primary N) is 1. The maximum Gasteiger partial charge on any atom is 0.0465 e. The van der Waals surface area contributed by atoms with E-state index in [1.807, 2.05) is 0 Å². The van der Waals surface area contributed by atoms with Gasteiger partial charge in [-0.1, -0.05) is 44.9 Å². The summed E-state index contributed by atoms with van der Waals surface area (Å²) in [5, 5.41) is 0. The van der Waals surface area contributed by atoms with Gasteiger partial charge in [0, 0.05) is 6.04 Å². The van der Waals surface area contributed by atoms with Crippen LogP contribution in [0.2, 0.25) is 0 Å². The fraction of sp³-hybridized carbons (Fsp3) is 0.600. The highest BCUT2D eigenvalue weighted by molar-refractivity contribution is 5.35. The molecule has 2 unspecified atom stereocenters. The third-order valence-electron chi connectivity index (χ3n) is 3.64. The van der Waals surface area contributed by atoms with Crippen molar-refractivity contribution in [3.05, 3.63) is 34.9 Å². The second kappa shape index (κ2) is 6.77. The largest absolute Gasteiger partial charge is 0.271 e. The van der Waals surface area contributed by atoms with Crippen LogP contribution in [0.15, 0.2) is 18.2 Å². The molecule has 1 aromatic carbocycles. The van der Waals surface area contributed by atoms with Crippen LogP contribution in [0.25, 0.3) is 0 Å². The Balaban J connectivity index is 2.82. The molecule has 2 nitrogen and oxygen atoms in total. The van der Waals surface area contributed by atoms with Gasteiger partial charge in [0.15, 0.2) is 0 Å². The van der Waals surface area contributed by atoms with E-state index in [1.165, 1.54) is 29.5 Å². The molecule has 0 aromatic heterocycles. The molecule has 96 valence electrons. The van der Waals surface area contributed by atoms with Crippen LogP contribution in [0.3, 0.4) is 0 Å². The predicted octanol–water partition coefficient (Wildman–Crippen LogP) is 3.63. The molecule has 2 heteroatoms. The van der Waals surface area contributed by atoms with Crippen molar-refractivity contribution in [3.63, 3.8) is 0 Å².